The van der Waals surface area contributed by atoms with E-state index in [1.165, 1.54) is 6.26 Å². The number of amides is 4. The third-order valence-electron chi connectivity index (χ3n) is 4.04. The molecule has 1 saturated heterocycles. The molecule has 2 aromatic rings. The molecule has 1 atom stereocenters. The van der Waals surface area contributed by atoms with E-state index in [1.54, 1.807) is 43.3 Å². The largest absolute Gasteiger partial charge is 0.467 e. The van der Waals surface area contributed by atoms with Crippen molar-refractivity contribution >= 4 is 29.4 Å². The van der Waals surface area contributed by atoms with Gasteiger partial charge in [-0.3, -0.25) is 14.5 Å². The number of carbonyl (C=O) groups is 3. The third-order valence-corrected chi connectivity index (χ3v) is 4.29. The fraction of sp³-hybridized carbons (Fsp3) is 0.235. The lowest BCUT2D eigenvalue weighted by molar-refractivity contribution is -0.134. The highest BCUT2D eigenvalue weighted by molar-refractivity contribution is 6.30. The normalized spacial score (nSPS) is 19.8. The molecule has 0 saturated carbocycles. The minimum absolute atomic E-state index is 0.184. The number of carbonyl (C=O) groups excluding carboxylic acids is 3. The second kappa shape index (κ2) is 6.60. The van der Waals surface area contributed by atoms with E-state index in [-0.39, 0.29) is 13.1 Å². The Kier molecular flexibility index (Phi) is 4.50. The zero-order valence-electron chi connectivity index (χ0n) is 13.4. The smallest absolute Gasteiger partial charge is 0.325 e. The minimum Gasteiger partial charge on any atom is -0.467 e. The summed E-state index contributed by atoms with van der Waals surface area (Å²) in [6.45, 7) is 1.41. The van der Waals surface area contributed by atoms with E-state index >= 15 is 0 Å². The van der Waals surface area contributed by atoms with Crippen LogP contribution in [0.15, 0.2) is 47.1 Å². The first-order chi connectivity index (χ1) is 11.9. The molecule has 2 heterocycles. The maximum atomic E-state index is 12.7. The Bertz CT molecular complexity index is 804. The molecule has 8 heteroatoms. The topological polar surface area (TPSA) is 91.7 Å². The summed E-state index contributed by atoms with van der Waals surface area (Å²) in [6, 6.07) is 9.42. The van der Waals surface area contributed by atoms with Crippen LogP contribution < -0.4 is 10.6 Å². The monoisotopic (exact) mass is 361 g/mol. The molecule has 0 bridgehead atoms. The van der Waals surface area contributed by atoms with Crippen molar-refractivity contribution in [1.82, 2.24) is 15.5 Å². The van der Waals surface area contributed by atoms with Gasteiger partial charge in [-0.25, -0.2) is 4.79 Å². The Balaban J connectivity index is 1.68. The lowest BCUT2D eigenvalue weighted by atomic mass is 9.92. The van der Waals surface area contributed by atoms with E-state index in [4.69, 9.17) is 16.0 Å². The molecular formula is C17H16ClN3O4. The Morgan fingerprint density at radius 2 is 2.00 bits per heavy atom. The molecule has 3 rings (SSSR count). The first-order valence-electron chi connectivity index (χ1n) is 7.59. The van der Waals surface area contributed by atoms with E-state index in [9.17, 15) is 14.4 Å². The molecule has 25 heavy (non-hydrogen) atoms. The summed E-state index contributed by atoms with van der Waals surface area (Å²) in [7, 11) is 0. The fourth-order valence-electron chi connectivity index (χ4n) is 2.62. The van der Waals surface area contributed by atoms with Crippen LogP contribution in [0.2, 0.25) is 5.02 Å². The summed E-state index contributed by atoms with van der Waals surface area (Å²) in [4.78, 5) is 37.8. The summed E-state index contributed by atoms with van der Waals surface area (Å²) in [5, 5.41) is 5.77. The van der Waals surface area contributed by atoms with Gasteiger partial charge in [-0.15, -0.1) is 0 Å². The number of furan rings is 1. The predicted octanol–water partition coefficient (Wildman–Crippen LogP) is 2.02. The molecule has 1 aromatic heterocycles. The van der Waals surface area contributed by atoms with Gasteiger partial charge in [0.15, 0.2) is 0 Å². The first kappa shape index (κ1) is 17.0. The fourth-order valence-corrected chi connectivity index (χ4v) is 2.74. The van der Waals surface area contributed by atoms with Crippen molar-refractivity contribution in [3.8, 4) is 0 Å². The van der Waals surface area contributed by atoms with Gasteiger partial charge >= 0.3 is 6.03 Å². The molecule has 4 amide bonds. The van der Waals surface area contributed by atoms with Crippen LogP contribution in [-0.2, 0) is 21.7 Å². The molecule has 0 unspecified atom stereocenters. The van der Waals surface area contributed by atoms with E-state index < -0.39 is 23.4 Å². The van der Waals surface area contributed by atoms with Crippen LogP contribution in [0.5, 0.6) is 0 Å². The van der Waals surface area contributed by atoms with Crippen molar-refractivity contribution in [2.24, 2.45) is 0 Å². The van der Waals surface area contributed by atoms with Crippen molar-refractivity contribution in [2.75, 3.05) is 6.54 Å². The Labute approximate surface area is 148 Å². The molecule has 130 valence electrons. The van der Waals surface area contributed by atoms with Crippen LogP contribution in [0.3, 0.4) is 0 Å². The summed E-state index contributed by atoms with van der Waals surface area (Å²) in [6.07, 6.45) is 1.50. The zero-order chi connectivity index (χ0) is 18.0. The quantitative estimate of drug-likeness (QED) is 0.797. The number of nitrogens with zero attached hydrogens (tertiary/aromatic N) is 1. The van der Waals surface area contributed by atoms with Gasteiger partial charge in [0.1, 0.15) is 17.8 Å². The van der Waals surface area contributed by atoms with Crippen molar-refractivity contribution in [3.63, 3.8) is 0 Å². The van der Waals surface area contributed by atoms with Gasteiger partial charge in [-0.05, 0) is 36.8 Å². The predicted molar refractivity (Wildman–Crippen MR) is 89.6 cm³/mol. The minimum atomic E-state index is -1.23. The van der Waals surface area contributed by atoms with Crippen LogP contribution in [0.4, 0.5) is 4.79 Å². The van der Waals surface area contributed by atoms with Gasteiger partial charge in [-0.1, -0.05) is 23.7 Å². The molecule has 0 spiro atoms. The SMILES string of the molecule is C[C@]1(c2ccc(Cl)cc2)NC(=O)N(CC(=O)NCc2ccco2)C1=O. The Morgan fingerprint density at radius 3 is 2.64 bits per heavy atom. The van der Waals surface area contributed by atoms with Gasteiger partial charge in [0.25, 0.3) is 5.91 Å². The molecule has 2 N–H and O–H groups in total. The molecule has 1 aromatic carbocycles. The van der Waals surface area contributed by atoms with Crippen LogP contribution >= 0.6 is 11.6 Å². The Morgan fingerprint density at radius 1 is 1.28 bits per heavy atom. The molecule has 1 aliphatic heterocycles. The number of hydrogen-bond acceptors (Lipinski definition) is 4. The van der Waals surface area contributed by atoms with Gasteiger partial charge in [0.2, 0.25) is 5.91 Å². The first-order valence-corrected chi connectivity index (χ1v) is 7.97. The molecule has 1 aliphatic rings. The second-order valence-corrected chi connectivity index (χ2v) is 6.25. The average molecular weight is 362 g/mol. The standard InChI is InChI=1S/C17H16ClN3O4/c1-17(11-4-6-12(18)7-5-11)15(23)21(16(24)20-17)10-14(22)19-9-13-3-2-8-25-13/h2-8H,9-10H2,1H3,(H,19,22)(H,20,24)/t17-/m1/s1. The summed E-state index contributed by atoms with van der Waals surface area (Å²) in [5.74, 6) is -0.371. The van der Waals surface area contributed by atoms with Crippen molar-refractivity contribution in [3.05, 3.63) is 59.0 Å². The summed E-state index contributed by atoms with van der Waals surface area (Å²) in [5.41, 5.74) is -0.642. The van der Waals surface area contributed by atoms with Crippen LogP contribution in [0, 0.1) is 0 Å². The molecule has 7 nitrogen and oxygen atoms in total. The molecule has 1 fully saturated rings. The number of urea groups is 1. The van der Waals surface area contributed by atoms with Gasteiger partial charge in [0.05, 0.1) is 12.8 Å². The van der Waals surface area contributed by atoms with Crippen molar-refractivity contribution < 1.29 is 18.8 Å². The molecular weight excluding hydrogens is 346 g/mol. The van der Waals surface area contributed by atoms with Crippen LogP contribution in [0.1, 0.15) is 18.2 Å². The molecule has 0 aliphatic carbocycles. The molecule has 0 radical (unpaired) electrons. The van der Waals surface area contributed by atoms with Crippen LogP contribution in [0.25, 0.3) is 0 Å². The lowest BCUT2D eigenvalue weighted by Gasteiger charge is -2.22. The number of rotatable bonds is 5. The van der Waals surface area contributed by atoms with Gasteiger partial charge < -0.3 is 15.1 Å². The highest BCUT2D eigenvalue weighted by Crippen LogP contribution is 2.29. The van der Waals surface area contributed by atoms with E-state index in [0.29, 0.717) is 16.3 Å². The summed E-state index contributed by atoms with van der Waals surface area (Å²) >= 11 is 5.86. The van der Waals surface area contributed by atoms with E-state index in [0.717, 1.165) is 4.90 Å². The average Bonchev–Trinajstić information content (AvgIpc) is 3.17. The van der Waals surface area contributed by atoms with Gasteiger partial charge in [0, 0.05) is 5.02 Å². The number of hydrogen-bond donors (Lipinski definition) is 2. The maximum absolute atomic E-state index is 12.7. The van der Waals surface area contributed by atoms with Crippen molar-refractivity contribution in [1.29, 1.82) is 0 Å². The second-order valence-electron chi connectivity index (χ2n) is 5.81. The third kappa shape index (κ3) is 3.36. The maximum Gasteiger partial charge on any atom is 0.325 e. The van der Waals surface area contributed by atoms with E-state index in [2.05, 4.69) is 10.6 Å². The van der Waals surface area contributed by atoms with Crippen LogP contribution in [-0.4, -0.2) is 29.3 Å². The Hall–Kier alpha value is -2.80. The summed E-state index contributed by atoms with van der Waals surface area (Å²) < 4.78 is 5.11. The van der Waals surface area contributed by atoms with Gasteiger partial charge in [-0.2, -0.15) is 0 Å². The number of nitrogens with one attached hydrogen (secondary N) is 2. The van der Waals surface area contributed by atoms with E-state index in [1.807, 2.05) is 0 Å². The lowest BCUT2D eigenvalue weighted by Crippen LogP contribution is -2.43. The number of imide groups is 1. The van der Waals surface area contributed by atoms with Crippen molar-refractivity contribution in [2.45, 2.75) is 19.0 Å². The number of benzene rings is 1. The number of halogens is 1. The zero-order valence-corrected chi connectivity index (χ0v) is 14.2. The highest BCUT2D eigenvalue weighted by atomic mass is 35.5. The highest BCUT2D eigenvalue weighted by Gasteiger charge is 2.49.